The molecule has 0 radical (unpaired) electrons. The maximum Gasteiger partial charge on any atom is 0.335 e. The van der Waals surface area contributed by atoms with Crippen LogP contribution < -0.4 is 4.90 Å². The van der Waals surface area contributed by atoms with E-state index >= 15 is 0 Å². The SMILES string of the molecule is O=C(O)c1ccc2sc(N3CCS(=O)(=O)CC3)nc2c1. The molecule has 0 spiro atoms. The fourth-order valence-electron chi connectivity index (χ4n) is 2.09. The van der Waals surface area contributed by atoms with Crippen molar-refractivity contribution in [3.63, 3.8) is 0 Å². The Morgan fingerprint density at radius 1 is 1.30 bits per heavy atom. The van der Waals surface area contributed by atoms with E-state index in [1.54, 1.807) is 18.2 Å². The second-order valence-electron chi connectivity index (χ2n) is 4.62. The number of aromatic nitrogens is 1. The van der Waals surface area contributed by atoms with E-state index in [0.29, 0.717) is 18.6 Å². The molecule has 1 aromatic heterocycles. The van der Waals surface area contributed by atoms with E-state index in [0.717, 1.165) is 9.83 Å². The van der Waals surface area contributed by atoms with E-state index < -0.39 is 15.8 Å². The van der Waals surface area contributed by atoms with Crippen molar-refractivity contribution in [1.29, 1.82) is 0 Å². The van der Waals surface area contributed by atoms with Crippen LogP contribution in [-0.2, 0) is 9.84 Å². The summed E-state index contributed by atoms with van der Waals surface area (Å²) >= 11 is 1.45. The topological polar surface area (TPSA) is 87.6 Å². The van der Waals surface area contributed by atoms with Gasteiger partial charge in [-0.3, -0.25) is 0 Å². The van der Waals surface area contributed by atoms with Crippen molar-refractivity contribution in [1.82, 2.24) is 4.98 Å². The highest BCUT2D eigenvalue weighted by molar-refractivity contribution is 7.91. The van der Waals surface area contributed by atoms with Crippen LogP contribution in [0.4, 0.5) is 5.13 Å². The van der Waals surface area contributed by atoms with Crippen molar-refractivity contribution in [2.45, 2.75) is 0 Å². The molecule has 1 N–H and O–H groups in total. The van der Waals surface area contributed by atoms with Crippen molar-refractivity contribution in [3.05, 3.63) is 23.8 Å². The van der Waals surface area contributed by atoms with Crippen molar-refractivity contribution in [2.24, 2.45) is 0 Å². The zero-order chi connectivity index (χ0) is 14.3. The largest absolute Gasteiger partial charge is 0.478 e. The van der Waals surface area contributed by atoms with Gasteiger partial charge in [0.25, 0.3) is 0 Å². The molecular formula is C12H12N2O4S2. The molecule has 106 valence electrons. The van der Waals surface area contributed by atoms with Crippen molar-refractivity contribution in [3.8, 4) is 0 Å². The van der Waals surface area contributed by atoms with Crippen molar-refractivity contribution >= 4 is 42.5 Å². The van der Waals surface area contributed by atoms with Gasteiger partial charge in [0.2, 0.25) is 0 Å². The summed E-state index contributed by atoms with van der Waals surface area (Å²) in [6, 6.07) is 4.83. The van der Waals surface area contributed by atoms with E-state index in [4.69, 9.17) is 5.11 Å². The van der Waals surface area contributed by atoms with Crippen LogP contribution in [0.3, 0.4) is 0 Å². The second kappa shape index (κ2) is 4.71. The molecule has 0 saturated carbocycles. The van der Waals surface area contributed by atoms with Crippen LogP contribution in [0.15, 0.2) is 18.2 Å². The molecule has 1 aliphatic rings. The predicted octanol–water partition coefficient (Wildman–Crippen LogP) is 1.23. The first-order valence-corrected chi connectivity index (χ1v) is 8.68. The summed E-state index contributed by atoms with van der Waals surface area (Å²) < 4.78 is 23.7. The van der Waals surface area contributed by atoms with Crippen LogP contribution in [0, 0.1) is 0 Å². The van der Waals surface area contributed by atoms with Crippen LogP contribution in [0.5, 0.6) is 0 Å². The highest BCUT2D eigenvalue weighted by Crippen LogP contribution is 2.30. The van der Waals surface area contributed by atoms with Gasteiger partial charge in [0.1, 0.15) is 0 Å². The highest BCUT2D eigenvalue weighted by Gasteiger charge is 2.23. The van der Waals surface area contributed by atoms with Gasteiger partial charge < -0.3 is 10.0 Å². The molecule has 1 aliphatic heterocycles. The third kappa shape index (κ3) is 2.48. The maximum absolute atomic E-state index is 11.4. The number of hydrogen-bond donors (Lipinski definition) is 1. The number of carboxylic acids is 1. The van der Waals surface area contributed by atoms with Gasteiger partial charge >= 0.3 is 5.97 Å². The summed E-state index contributed by atoms with van der Waals surface area (Å²) in [5.74, 6) is -0.697. The number of rotatable bonds is 2. The Balaban J connectivity index is 1.91. The predicted molar refractivity (Wildman–Crippen MR) is 77.4 cm³/mol. The second-order valence-corrected chi connectivity index (χ2v) is 7.94. The lowest BCUT2D eigenvalue weighted by Gasteiger charge is -2.25. The third-order valence-corrected chi connectivity index (χ3v) is 5.94. The molecule has 3 rings (SSSR count). The molecule has 0 atom stereocenters. The minimum atomic E-state index is -2.91. The molecule has 0 aliphatic carbocycles. The van der Waals surface area contributed by atoms with Gasteiger partial charge in [0.15, 0.2) is 15.0 Å². The first-order valence-electron chi connectivity index (χ1n) is 6.04. The lowest BCUT2D eigenvalue weighted by atomic mass is 10.2. The van der Waals surface area contributed by atoms with E-state index in [1.807, 2.05) is 4.90 Å². The number of hydrogen-bond acceptors (Lipinski definition) is 6. The fourth-order valence-corrected chi connectivity index (χ4v) is 4.29. The van der Waals surface area contributed by atoms with E-state index in [-0.39, 0.29) is 17.1 Å². The molecule has 20 heavy (non-hydrogen) atoms. The molecule has 0 bridgehead atoms. The summed E-state index contributed by atoms with van der Waals surface area (Å²) in [5, 5.41) is 9.70. The third-order valence-electron chi connectivity index (χ3n) is 3.24. The number of sulfone groups is 1. The average Bonchev–Trinajstić information content (AvgIpc) is 2.81. The molecule has 6 nitrogen and oxygen atoms in total. The molecule has 1 aromatic carbocycles. The van der Waals surface area contributed by atoms with Crippen LogP contribution in [0.1, 0.15) is 10.4 Å². The first kappa shape index (κ1) is 13.3. The van der Waals surface area contributed by atoms with Crippen molar-refractivity contribution < 1.29 is 18.3 Å². The Morgan fingerprint density at radius 3 is 2.65 bits per heavy atom. The molecule has 1 fully saturated rings. The standard InChI is InChI=1S/C12H12N2O4S2/c15-11(16)8-1-2-10-9(7-8)13-12(19-10)14-3-5-20(17,18)6-4-14/h1-2,7H,3-6H2,(H,15,16). The molecule has 8 heteroatoms. The highest BCUT2D eigenvalue weighted by atomic mass is 32.2. The molecule has 1 saturated heterocycles. The Labute approximate surface area is 119 Å². The number of carbonyl (C=O) groups is 1. The number of carboxylic acid groups (broad SMARTS) is 1. The zero-order valence-electron chi connectivity index (χ0n) is 10.4. The molecule has 2 aromatic rings. The first-order chi connectivity index (χ1) is 9.44. The summed E-state index contributed by atoms with van der Waals surface area (Å²) in [6.07, 6.45) is 0. The van der Waals surface area contributed by atoms with Gasteiger partial charge in [-0.2, -0.15) is 0 Å². The van der Waals surface area contributed by atoms with E-state index in [9.17, 15) is 13.2 Å². The van der Waals surface area contributed by atoms with Crippen LogP contribution in [0.25, 0.3) is 10.2 Å². The lowest BCUT2D eigenvalue weighted by molar-refractivity contribution is 0.0697. The Bertz CT molecular complexity index is 768. The number of aromatic carboxylic acids is 1. The minimum Gasteiger partial charge on any atom is -0.478 e. The summed E-state index contributed by atoms with van der Waals surface area (Å²) in [6.45, 7) is 0.877. The van der Waals surface area contributed by atoms with Gasteiger partial charge in [0, 0.05) is 13.1 Å². The Kier molecular flexibility index (Phi) is 3.14. The van der Waals surface area contributed by atoms with Crippen LogP contribution in [-0.4, -0.2) is 49.1 Å². The molecular weight excluding hydrogens is 300 g/mol. The Morgan fingerprint density at radius 2 is 2.00 bits per heavy atom. The normalized spacial score (nSPS) is 18.3. The van der Waals surface area contributed by atoms with Gasteiger partial charge in [0.05, 0.1) is 27.3 Å². The van der Waals surface area contributed by atoms with E-state index in [1.165, 1.54) is 11.3 Å². The Hall–Kier alpha value is -1.67. The van der Waals surface area contributed by atoms with Crippen LogP contribution in [0.2, 0.25) is 0 Å². The minimum absolute atomic E-state index is 0.142. The number of benzene rings is 1. The smallest absolute Gasteiger partial charge is 0.335 e. The number of fused-ring (bicyclic) bond motifs is 1. The lowest BCUT2D eigenvalue weighted by Crippen LogP contribution is -2.40. The molecule has 0 unspecified atom stereocenters. The monoisotopic (exact) mass is 312 g/mol. The number of thiazole rings is 1. The number of anilines is 1. The maximum atomic E-state index is 11.4. The van der Waals surface area contributed by atoms with Gasteiger partial charge in [-0.1, -0.05) is 11.3 Å². The average molecular weight is 312 g/mol. The van der Waals surface area contributed by atoms with Gasteiger partial charge in [-0.25, -0.2) is 18.2 Å². The van der Waals surface area contributed by atoms with Crippen molar-refractivity contribution in [2.75, 3.05) is 29.5 Å². The van der Waals surface area contributed by atoms with Gasteiger partial charge in [-0.05, 0) is 18.2 Å². The molecule has 2 heterocycles. The summed E-state index contributed by atoms with van der Waals surface area (Å²) in [4.78, 5) is 17.3. The summed E-state index contributed by atoms with van der Waals surface area (Å²) in [7, 11) is -2.91. The molecule has 0 amide bonds. The fraction of sp³-hybridized carbons (Fsp3) is 0.333. The quantitative estimate of drug-likeness (QED) is 0.897. The van der Waals surface area contributed by atoms with Crippen LogP contribution >= 0.6 is 11.3 Å². The van der Waals surface area contributed by atoms with Gasteiger partial charge in [-0.15, -0.1) is 0 Å². The number of nitrogens with zero attached hydrogens (tertiary/aromatic N) is 2. The van der Waals surface area contributed by atoms with E-state index in [2.05, 4.69) is 4.98 Å². The summed E-state index contributed by atoms with van der Waals surface area (Å²) in [5.41, 5.74) is 0.842. The zero-order valence-corrected chi connectivity index (χ0v) is 12.1.